The van der Waals surface area contributed by atoms with E-state index < -0.39 is 16.0 Å². The summed E-state index contributed by atoms with van der Waals surface area (Å²) in [7, 11) is -0.709. The average molecular weight is 339 g/mol. The van der Waals surface area contributed by atoms with Crippen LogP contribution in [0.4, 0.5) is 5.69 Å². The maximum atomic E-state index is 12.3. The lowest BCUT2D eigenvalue weighted by Gasteiger charge is -2.19. The minimum Gasteiger partial charge on any atom is -0.465 e. The highest BCUT2D eigenvalue weighted by molar-refractivity contribution is 7.92. The molecule has 0 saturated heterocycles. The summed E-state index contributed by atoms with van der Waals surface area (Å²) in [5.41, 5.74) is 0.834. The third kappa shape index (κ3) is 4.25. The molecule has 0 unspecified atom stereocenters. The molecule has 2 aromatic rings. The van der Waals surface area contributed by atoms with Crippen molar-refractivity contribution in [2.45, 2.75) is 13.0 Å². The summed E-state index contributed by atoms with van der Waals surface area (Å²) in [5.74, 6) is -0.509. The third-order valence-electron chi connectivity index (χ3n) is 3.25. The molecule has 0 aliphatic rings. The second-order valence-corrected chi connectivity index (χ2v) is 6.87. The molecule has 9 nitrogen and oxygen atoms in total. The van der Waals surface area contributed by atoms with Crippen LogP contribution < -0.4 is 4.31 Å². The fourth-order valence-electron chi connectivity index (χ4n) is 1.91. The summed E-state index contributed by atoms with van der Waals surface area (Å²) in [6.07, 6.45) is 1.82. The SMILES string of the molecule is COC(=O)c1ccc(N(C)S(=O)(=O)CCCn2cnnn2)cc1. The Bertz CT molecular complexity index is 743. The van der Waals surface area contributed by atoms with Crippen LogP contribution in [0.2, 0.25) is 0 Å². The Morgan fingerprint density at radius 2 is 2.00 bits per heavy atom. The van der Waals surface area contributed by atoms with Crippen molar-refractivity contribution in [3.8, 4) is 0 Å². The van der Waals surface area contributed by atoms with Crippen molar-refractivity contribution in [2.24, 2.45) is 0 Å². The fraction of sp³-hybridized carbons (Fsp3) is 0.385. The van der Waals surface area contributed by atoms with Gasteiger partial charge in [0.25, 0.3) is 0 Å². The summed E-state index contributed by atoms with van der Waals surface area (Å²) in [5, 5.41) is 10.6. The third-order valence-corrected chi connectivity index (χ3v) is 5.10. The Morgan fingerprint density at radius 3 is 2.57 bits per heavy atom. The number of methoxy groups -OCH3 is 1. The number of aromatic nitrogens is 4. The number of hydrogen-bond acceptors (Lipinski definition) is 7. The molecular weight excluding hydrogens is 322 g/mol. The molecule has 2 rings (SSSR count). The maximum absolute atomic E-state index is 12.3. The van der Waals surface area contributed by atoms with Crippen molar-refractivity contribution in [2.75, 3.05) is 24.2 Å². The van der Waals surface area contributed by atoms with Crippen LogP contribution in [0.1, 0.15) is 16.8 Å². The van der Waals surface area contributed by atoms with E-state index in [4.69, 9.17) is 0 Å². The normalized spacial score (nSPS) is 11.2. The van der Waals surface area contributed by atoms with Crippen LogP contribution in [-0.2, 0) is 21.3 Å². The topological polar surface area (TPSA) is 107 Å². The number of sulfonamides is 1. The van der Waals surface area contributed by atoms with Gasteiger partial charge in [0.05, 0.1) is 24.1 Å². The van der Waals surface area contributed by atoms with Crippen molar-refractivity contribution in [1.29, 1.82) is 0 Å². The molecular formula is C13H17N5O4S. The van der Waals surface area contributed by atoms with Gasteiger partial charge in [0.2, 0.25) is 10.0 Å². The van der Waals surface area contributed by atoms with Gasteiger partial charge in [-0.15, -0.1) is 5.10 Å². The van der Waals surface area contributed by atoms with Crippen LogP contribution in [0, 0.1) is 0 Å². The molecule has 0 radical (unpaired) electrons. The molecule has 0 bridgehead atoms. The number of hydrogen-bond donors (Lipinski definition) is 0. The first kappa shape index (κ1) is 16.9. The molecule has 1 aromatic heterocycles. The zero-order valence-corrected chi connectivity index (χ0v) is 13.6. The number of esters is 1. The molecule has 124 valence electrons. The predicted octanol–water partition coefficient (Wildman–Crippen LogP) is 0.316. The Balaban J connectivity index is 1.99. The summed E-state index contributed by atoms with van der Waals surface area (Å²) in [4.78, 5) is 11.4. The van der Waals surface area contributed by atoms with E-state index in [9.17, 15) is 13.2 Å². The Kier molecular flexibility index (Phi) is 5.27. The monoisotopic (exact) mass is 339 g/mol. The Morgan fingerprint density at radius 1 is 1.30 bits per heavy atom. The van der Waals surface area contributed by atoms with Crippen LogP contribution in [0.25, 0.3) is 0 Å². The van der Waals surface area contributed by atoms with Gasteiger partial charge in [-0.05, 0) is 41.1 Å². The number of aryl methyl sites for hydroxylation is 1. The lowest BCUT2D eigenvalue weighted by Crippen LogP contribution is -2.29. The van der Waals surface area contributed by atoms with Crippen LogP contribution >= 0.6 is 0 Å². The van der Waals surface area contributed by atoms with Crippen molar-refractivity contribution in [3.63, 3.8) is 0 Å². The number of tetrazole rings is 1. The number of rotatable bonds is 7. The van der Waals surface area contributed by atoms with Crippen molar-refractivity contribution >= 4 is 21.7 Å². The summed E-state index contributed by atoms with van der Waals surface area (Å²) in [6, 6.07) is 6.17. The second kappa shape index (κ2) is 7.18. The van der Waals surface area contributed by atoms with E-state index in [0.29, 0.717) is 24.2 Å². The highest BCUT2D eigenvalue weighted by Gasteiger charge is 2.18. The minimum absolute atomic E-state index is 0.0396. The molecule has 0 aliphatic carbocycles. The van der Waals surface area contributed by atoms with E-state index in [1.54, 1.807) is 12.1 Å². The second-order valence-electron chi connectivity index (χ2n) is 4.75. The number of carbonyl (C=O) groups is 1. The van der Waals surface area contributed by atoms with Crippen molar-refractivity contribution in [3.05, 3.63) is 36.2 Å². The Hall–Kier alpha value is -2.49. The predicted molar refractivity (Wildman–Crippen MR) is 82.4 cm³/mol. The molecule has 23 heavy (non-hydrogen) atoms. The number of benzene rings is 1. The maximum Gasteiger partial charge on any atom is 0.337 e. The van der Waals surface area contributed by atoms with Gasteiger partial charge in [0, 0.05) is 13.6 Å². The van der Waals surface area contributed by atoms with Crippen molar-refractivity contribution < 1.29 is 17.9 Å². The van der Waals surface area contributed by atoms with E-state index in [-0.39, 0.29) is 5.75 Å². The summed E-state index contributed by atoms with van der Waals surface area (Å²) >= 11 is 0. The zero-order chi connectivity index (χ0) is 16.9. The smallest absolute Gasteiger partial charge is 0.337 e. The van der Waals surface area contributed by atoms with Crippen molar-refractivity contribution in [1.82, 2.24) is 20.2 Å². The quantitative estimate of drug-likeness (QED) is 0.668. The number of carbonyl (C=O) groups excluding carboxylic acids is 1. The van der Waals surface area contributed by atoms with Gasteiger partial charge in [-0.1, -0.05) is 0 Å². The van der Waals surface area contributed by atoms with Gasteiger partial charge in [-0.3, -0.25) is 4.31 Å². The molecule has 0 aliphatic heterocycles. The van der Waals surface area contributed by atoms with Crippen LogP contribution in [0.15, 0.2) is 30.6 Å². The first-order valence-electron chi connectivity index (χ1n) is 6.80. The highest BCUT2D eigenvalue weighted by atomic mass is 32.2. The van der Waals surface area contributed by atoms with Gasteiger partial charge in [-0.2, -0.15) is 0 Å². The number of anilines is 1. The average Bonchev–Trinajstić information content (AvgIpc) is 3.06. The molecule has 1 aromatic carbocycles. The summed E-state index contributed by atoms with van der Waals surface area (Å²) in [6.45, 7) is 0.418. The van der Waals surface area contributed by atoms with Crippen LogP contribution in [0.5, 0.6) is 0 Å². The minimum atomic E-state index is -3.47. The van der Waals surface area contributed by atoms with E-state index in [0.717, 1.165) is 0 Å². The number of nitrogens with zero attached hydrogens (tertiary/aromatic N) is 5. The van der Waals surface area contributed by atoms with E-state index in [1.165, 1.54) is 41.6 Å². The highest BCUT2D eigenvalue weighted by Crippen LogP contribution is 2.18. The first-order chi connectivity index (χ1) is 10.9. The fourth-order valence-corrected chi connectivity index (χ4v) is 3.13. The molecule has 1 heterocycles. The van der Waals surface area contributed by atoms with Crippen LogP contribution in [0.3, 0.4) is 0 Å². The van der Waals surface area contributed by atoms with E-state index in [2.05, 4.69) is 20.3 Å². The van der Waals surface area contributed by atoms with Gasteiger partial charge in [-0.25, -0.2) is 17.9 Å². The molecule has 0 N–H and O–H groups in total. The molecule has 0 fully saturated rings. The van der Waals surface area contributed by atoms with Gasteiger partial charge >= 0.3 is 5.97 Å². The molecule has 0 amide bonds. The van der Waals surface area contributed by atoms with Crippen LogP contribution in [-0.4, -0.2) is 54.5 Å². The molecule has 0 atom stereocenters. The lowest BCUT2D eigenvalue weighted by molar-refractivity contribution is 0.0601. The standard InChI is InChI=1S/C13H17N5O4S/c1-17(12-6-4-11(5-7-12)13(19)22-2)23(20,21)9-3-8-18-10-14-15-16-18/h4-7,10H,3,8-9H2,1-2H3. The molecule has 10 heteroatoms. The van der Waals surface area contributed by atoms with Gasteiger partial charge < -0.3 is 4.74 Å². The zero-order valence-electron chi connectivity index (χ0n) is 12.8. The molecule has 0 saturated carbocycles. The number of ether oxygens (including phenoxy) is 1. The summed E-state index contributed by atoms with van der Waals surface area (Å²) < 4.78 is 31.9. The largest absolute Gasteiger partial charge is 0.465 e. The Labute approximate surface area is 133 Å². The first-order valence-corrected chi connectivity index (χ1v) is 8.41. The lowest BCUT2D eigenvalue weighted by atomic mass is 10.2. The van der Waals surface area contributed by atoms with Gasteiger partial charge in [0.1, 0.15) is 6.33 Å². The van der Waals surface area contributed by atoms with E-state index in [1.807, 2.05) is 0 Å². The van der Waals surface area contributed by atoms with Gasteiger partial charge in [0.15, 0.2) is 0 Å². The van der Waals surface area contributed by atoms with E-state index >= 15 is 0 Å². The molecule has 0 spiro atoms.